The van der Waals surface area contributed by atoms with Crippen molar-refractivity contribution in [3.05, 3.63) is 35.4 Å². The SMILES string of the molecule is CCc1ccc(C2CC(N)CN(CC(C)C)C2)cc1. The highest BCUT2D eigenvalue weighted by Gasteiger charge is 2.26. The Morgan fingerprint density at radius 2 is 1.89 bits per heavy atom. The van der Waals surface area contributed by atoms with E-state index < -0.39 is 0 Å². The standard InChI is InChI=1S/C17H28N2/c1-4-14-5-7-15(8-6-14)16-9-17(18)12-19(11-16)10-13(2)3/h5-8,13,16-17H,4,9-12,18H2,1-3H3. The normalized spacial score (nSPS) is 24.9. The summed E-state index contributed by atoms with van der Waals surface area (Å²) in [4.78, 5) is 2.54. The van der Waals surface area contributed by atoms with Gasteiger partial charge >= 0.3 is 0 Å². The molecule has 1 aromatic rings. The predicted octanol–water partition coefficient (Wildman–Crippen LogP) is 3.02. The van der Waals surface area contributed by atoms with Crippen molar-refractivity contribution in [1.29, 1.82) is 0 Å². The Balaban J connectivity index is 2.05. The van der Waals surface area contributed by atoms with E-state index in [4.69, 9.17) is 5.73 Å². The van der Waals surface area contributed by atoms with Crippen molar-refractivity contribution < 1.29 is 0 Å². The van der Waals surface area contributed by atoms with Gasteiger partial charge in [-0.25, -0.2) is 0 Å². The number of nitrogens with two attached hydrogens (primary N) is 1. The average Bonchev–Trinajstić information content (AvgIpc) is 2.37. The zero-order valence-electron chi connectivity index (χ0n) is 12.6. The molecule has 2 N–H and O–H groups in total. The highest BCUT2D eigenvalue weighted by Crippen LogP contribution is 2.27. The van der Waals surface area contributed by atoms with E-state index in [2.05, 4.69) is 49.9 Å². The molecule has 0 spiro atoms. The molecule has 0 aliphatic carbocycles. The number of rotatable bonds is 4. The second-order valence-corrected chi connectivity index (χ2v) is 6.40. The highest BCUT2D eigenvalue weighted by atomic mass is 15.1. The largest absolute Gasteiger partial charge is 0.327 e. The molecular formula is C17H28N2. The van der Waals surface area contributed by atoms with Gasteiger partial charge in [0.2, 0.25) is 0 Å². The third kappa shape index (κ3) is 4.05. The fourth-order valence-electron chi connectivity index (χ4n) is 3.16. The van der Waals surface area contributed by atoms with Gasteiger partial charge in [0.1, 0.15) is 0 Å². The summed E-state index contributed by atoms with van der Waals surface area (Å²) in [5.74, 6) is 1.32. The first kappa shape index (κ1) is 14.5. The lowest BCUT2D eigenvalue weighted by atomic mass is 9.87. The van der Waals surface area contributed by atoms with Crippen molar-refractivity contribution in [1.82, 2.24) is 4.90 Å². The molecule has 106 valence electrons. The maximum atomic E-state index is 6.24. The van der Waals surface area contributed by atoms with Crippen molar-refractivity contribution in [2.24, 2.45) is 11.7 Å². The number of hydrogen-bond acceptors (Lipinski definition) is 2. The van der Waals surface area contributed by atoms with Gasteiger partial charge in [-0.2, -0.15) is 0 Å². The van der Waals surface area contributed by atoms with Crippen LogP contribution in [0.15, 0.2) is 24.3 Å². The summed E-state index contributed by atoms with van der Waals surface area (Å²) >= 11 is 0. The van der Waals surface area contributed by atoms with Gasteiger partial charge in [0.15, 0.2) is 0 Å². The summed E-state index contributed by atoms with van der Waals surface area (Å²) in [5, 5.41) is 0. The van der Waals surface area contributed by atoms with E-state index in [1.807, 2.05) is 0 Å². The number of benzene rings is 1. The number of hydrogen-bond donors (Lipinski definition) is 1. The minimum absolute atomic E-state index is 0.323. The Bertz CT molecular complexity index is 381. The molecule has 2 rings (SSSR count). The summed E-state index contributed by atoms with van der Waals surface area (Å²) in [7, 11) is 0. The molecule has 0 amide bonds. The molecule has 1 heterocycles. The van der Waals surface area contributed by atoms with Gasteiger partial charge in [-0.1, -0.05) is 45.0 Å². The molecule has 1 aliphatic rings. The van der Waals surface area contributed by atoms with E-state index in [0.717, 1.165) is 32.5 Å². The molecule has 0 aromatic heterocycles. The van der Waals surface area contributed by atoms with Gasteiger partial charge in [-0.05, 0) is 35.8 Å². The van der Waals surface area contributed by atoms with Gasteiger partial charge in [-0.15, -0.1) is 0 Å². The van der Waals surface area contributed by atoms with Crippen molar-refractivity contribution in [2.75, 3.05) is 19.6 Å². The minimum atomic E-state index is 0.323. The van der Waals surface area contributed by atoms with Gasteiger partial charge in [-0.3, -0.25) is 0 Å². The van der Waals surface area contributed by atoms with Crippen LogP contribution in [-0.2, 0) is 6.42 Å². The molecule has 1 saturated heterocycles. The van der Waals surface area contributed by atoms with E-state index >= 15 is 0 Å². The Morgan fingerprint density at radius 1 is 1.21 bits per heavy atom. The molecule has 1 fully saturated rings. The molecule has 0 saturated carbocycles. The van der Waals surface area contributed by atoms with E-state index in [0.29, 0.717) is 17.9 Å². The third-order valence-corrected chi connectivity index (χ3v) is 4.04. The molecule has 0 bridgehead atoms. The van der Waals surface area contributed by atoms with Crippen LogP contribution in [0.5, 0.6) is 0 Å². The second-order valence-electron chi connectivity index (χ2n) is 6.40. The van der Waals surface area contributed by atoms with Crippen molar-refractivity contribution in [3.63, 3.8) is 0 Å². The molecular weight excluding hydrogens is 232 g/mol. The lowest BCUT2D eigenvalue weighted by molar-refractivity contribution is 0.171. The quantitative estimate of drug-likeness (QED) is 0.901. The van der Waals surface area contributed by atoms with E-state index in [9.17, 15) is 0 Å². The Labute approximate surface area is 118 Å². The monoisotopic (exact) mass is 260 g/mol. The minimum Gasteiger partial charge on any atom is -0.327 e. The van der Waals surface area contributed by atoms with E-state index in [1.165, 1.54) is 11.1 Å². The average molecular weight is 260 g/mol. The highest BCUT2D eigenvalue weighted by molar-refractivity contribution is 5.26. The summed E-state index contributed by atoms with van der Waals surface area (Å²) in [6, 6.07) is 9.46. The van der Waals surface area contributed by atoms with E-state index in [1.54, 1.807) is 0 Å². The Hall–Kier alpha value is -0.860. The maximum Gasteiger partial charge on any atom is 0.0174 e. The van der Waals surface area contributed by atoms with E-state index in [-0.39, 0.29) is 0 Å². The van der Waals surface area contributed by atoms with Gasteiger partial charge < -0.3 is 10.6 Å². The summed E-state index contributed by atoms with van der Waals surface area (Å²) in [6.07, 6.45) is 2.24. The van der Waals surface area contributed by atoms with Crippen LogP contribution in [-0.4, -0.2) is 30.6 Å². The molecule has 2 nitrogen and oxygen atoms in total. The first-order chi connectivity index (χ1) is 9.08. The van der Waals surface area contributed by atoms with Crippen LogP contribution in [0.3, 0.4) is 0 Å². The van der Waals surface area contributed by atoms with Gasteiger partial charge in [0.25, 0.3) is 0 Å². The first-order valence-corrected chi connectivity index (χ1v) is 7.65. The zero-order valence-corrected chi connectivity index (χ0v) is 12.6. The van der Waals surface area contributed by atoms with Gasteiger partial charge in [0.05, 0.1) is 0 Å². The fraction of sp³-hybridized carbons (Fsp3) is 0.647. The summed E-state index contributed by atoms with van der Waals surface area (Å²) in [5.41, 5.74) is 9.12. The molecule has 1 aliphatic heterocycles. The van der Waals surface area contributed by atoms with Crippen LogP contribution in [0.2, 0.25) is 0 Å². The predicted molar refractivity (Wildman–Crippen MR) is 82.4 cm³/mol. The lowest BCUT2D eigenvalue weighted by Gasteiger charge is -2.37. The molecule has 0 radical (unpaired) electrons. The Kier molecular flexibility index (Phi) is 5.00. The maximum absolute atomic E-state index is 6.24. The van der Waals surface area contributed by atoms with Crippen molar-refractivity contribution >= 4 is 0 Å². The van der Waals surface area contributed by atoms with Crippen molar-refractivity contribution in [3.8, 4) is 0 Å². The molecule has 2 atom stereocenters. The molecule has 19 heavy (non-hydrogen) atoms. The van der Waals surface area contributed by atoms with Crippen LogP contribution >= 0.6 is 0 Å². The summed E-state index contributed by atoms with van der Waals surface area (Å²) < 4.78 is 0. The molecule has 2 unspecified atom stereocenters. The number of likely N-dealkylation sites (tertiary alicyclic amines) is 1. The molecule has 1 aromatic carbocycles. The van der Waals surface area contributed by atoms with Crippen LogP contribution in [0.4, 0.5) is 0 Å². The van der Waals surface area contributed by atoms with Crippen LogP contribution in [0.25, 0.3) is 0 Å². The smallest absolute Gasteiger partial charge is 0.0174 e. The fourth-order valence-corrected chi connectivity index (χ4v) is 3.16. The second kappa shape index (κ2) is 6.53. The zero-order chi connectivity index (χ0) is 13.8. The van der Waals surface area contributed by atoms with Crippen molar-refractivity contribution in [2.45, 2.75) is 45.6 Å². The third-order valence-electron chi connectivity index (χ3n) is 4.04. The summed E-state index contributed by atoms with van der Waals surface area (Å²) in [6.45, 7) is 10.2. The van der Waals surface area contributed by atoms with Gasteiger partial charge in [0, 0.05) is 25.7 Å². The Morgan fingerprint density at radius 3 is 2.47 bits per heavy atom. The number of aryl methyl sites for hydroxylation is 1. The van der Waals surface area contributed by atoms with Crippen LogP contribution in [0.1, 0.15) is 44.2 Å². The van der Waals surface area contributed by atoms with Crippen LogP contribution < -0.4 is 5.73 Å². The first-order valence-electron chi connectivity index (χ1n) is 7.65. The number of nitrogens with zero attached hydrogens (tertiary/aromatic N) is 1. The topological polar surface area (TPSA) is 29.3 Å². The number of piperidine rings is 1. The molecule has 2 heteroatoms. The lowest BCUT2D eigenvalue weighted by Crippen LogP contribution is -2.47. The van der Waals surface area contributed by atoms with Crippen LogP contribution in [0, 0.1) is 5.92 Å².